The van der Waals surface area contributed by atoms with Crippen LogP contribution in [0, 0.1) is 25.5 Å². The van der Waals surface area contributed by atoms with Crippen molar-refractivity contribution in [2.24, 2.45) is 0 Å². The Morgan fingerprint density at radius 1 is 1.24 bits per heavy atom. The Hall–Kier alpha value is -1.75. The Morgan fingerprint density at radius 3 is 2.57 bits per heavy atom. The Kier molecular flexibility index (Phi) is 4.73. The van der Waals surface area contributed by atoms with E-state index >= 15 is 0 Å². The van der Waals surface area contributed by atoms with E-state index in [9.17, 15) is 8.78 Å². The van der Waals surface area contributed by atoms with E-state index in [1.54, 1.807) is 11.6 Å². The molecule has 0 spiro atoms. The number of rotatable bonds is 5. The molecule has 0 radical (unpaired) electrons. The maximum atomic E-state index is 14.5. The van der Waals surface area contributed by atoms with Crippen LogP contribution in [0.4, 0.5) is 8.78 Å². The third-order valence-corrected chi connectivity index (χ3v) is 3.55. The van der Waals surface area contributed by atoms with Gasteiger partial charge in [0.1, 0.15) is 11.6 Å². The second-order valence-electron chi connectivity index (χ2n) is 5.11. The molecular weight excluding hydrogens is 272 g/mol. The van der Waals surface area contributed by atoms with E-state index in [0.717, 1.165) is 11.4 Å². The van der Waals surface area contributed by atoms with Gasteiger partial charge >= 0.3 is 0 Å². The maximum absolute atomic E-state index is 14.5. The van der Waals surface area contributed by atoms with Crippen LogP contribution in [0.5, 0.6) is 0 Å². The molecular formula is C16H21F2N3. The number of aromatic nitrogens is 2. The van der Waals surface area contributed by atoms with Crippen molar-refractivity contribution in [2.75, 3.05) is 6.54 Å². The molecule has 3 nitrogen and oxygen atoms in total. The smallest absolute Gasteiger partial charge is 0.134 e. The number of hydrogen-bond acceptors (Lipinski definition) is 2. The molecule has 5 heteroatoms. The minimum atomic E-state index is -0.545. The normalized spacial score (nSPS) is 12.7. The van der Waals surface area contributed by atoms with Crippen molar-refractivity contribution in [1.82, 2.24) is 15.1 Å². The first-order chi connectivity index (χ1) is 9.99. The largest absolute Gasteiger partial charge is 0.305 e. The van der Waals surface area contributed by atoms with Gasteiger partial charge in [-0.25, -0.2) is 8.78 Å². The molecule has 0 saturated heterocycles. The fraction of sp³-hybridized carbons (Fsp3) is 0.438. The molecule has 2 rings (SSSR count). The summed E-state index contributed by atoms with van der Waals surface area (Å²) in [6, 6.07) is 4.10. The van der Waals surface area contributed by atoms with Crippen LogP contribution in [-0.2, 0) is 6.54 Å². The summed E-state index contributed by atoms with van der Waals surface area (Å²) in [5.41, 5.74) is 2.11. The van der Waals surface area contributed by atoms with E-state index in [2.05, 4.69) is 10.4 Å². The van der Waals surface area contributed by atoms with Crippen LogP contribution in [0.2, 0.25) is 0 Å². The van der Waals surface area contributed by atoms with Gasteiger partial charge in [-0.1, -0.05) is 13.0 Å². The molecule has 0 bridgehead atoms. The monoisotopic (exact) mass is 293 g/mol. The van der Waals surface area contributed by atoms with Gasteiger partial charge in [-0.3, -0.25) is 4.68 Å². The maximum Gasteiger partial charge on any atom is 0.134 e. The zero-order valence-electron chi connectivity index (χ0n) is 12.9. The average molecular weight is 293 g/mol. The van der Waals surface area contributed by atoms with Crippen LogP contribution >= 0.6 is 0 Å². The van der Waals surface area contributed by atoms with Crippen LogP contribution in [0.1, 0.15) is 42.4 Å². The molecule has 1 N–H and O–H groups in total. The van der Waals surface area contributed by atoms with E-state index in [0.29, 0.717) is 18.7 Å². The van der Waals surface area contributed by atoms with E-state index in [4.69, 9.17) is 0 Å². The molecule has 21 heavy (non-hydrogen) atoms. The van der Waals surface area contributed by atoms with Gasteiger partial charge in [0.05, 0.1) is 17.4 Å². The van der Waals surface area contributed by atoms with Gasteiger partial charge in [-0.15, -0.1) is 0 Å². The summed E-state index contributed by atoms with van der Waals surface area (Å²) < 4.78 is 30.5. The van der Waals surface area contributed by atoms with Crippen molar-refractivity contribution in [2.45, 2.75) is 40.3 Å². The van der Waals surface area contributed by atoms with E-state index < -0.39 is 17.7 Å². The van der Waals surface area contributed by atoms with Crippen LogP contribution in [0.3, 0.4) is 0 Å². The summed E-state index contributed by atoms with van der Waals surface area (Å²) in [5, 5.41) is 7.54. The van der Waals surface area contributed by atoms with Crippen LogP contribution in [0.25, 0.3) is 0 Å². The van der Waals surface area contributed by atoms with Gasteiger partial charge in [-0.2, -0.15) is 5.10 Å². The molecule has 2 aromatic rings. The fourth-order valence-electron chi connectivity index (χ4n) is 2.55. The molecule has 0 aliphatic heterocycles. The third-order valence-electron chi connectivity index (χ3n) is 3.55. The first kappa shape index (κ1) is 15.6. The van der Waals surface area contributed by atoms with Crippen LogP contribution in [-0.4, -0.2) is 16.3 Å². The molecule has 114 valence electrons. The van der Waals surface area contributed by atoms with Gasteiger partial charge < -0.3 is 5.32 Å². The Balaban J connectivity index is 2.61. The van der Waals surface area contributed by atoms with Crippen LogP contribution in [0.15, 0.2) is 18.2 Å². The standard InChI is InChI=1S/C16H21F2N3/c1-5-19-16(13-9-11(4)20-21(13)6-2)14-12(17)8-7-10(3)15(14)18/h7-9,16,19H,5-6H2,1-4H3. The summed E-state index contributed by atoms with van der Waals surface area (Å²) in [5.74, 6) is -1.03. The van der Waals surface area contributed by atoms with Gasteiger partial charge in [-0.05, 0) is 45.0 Å². The molecule has 1 atom stereocenters. The topological polar surface area (TPSA) is 29.9 Å². The fourth-order valence-corrected chi connectivity index (χ4v) is 2.55. The zero-order valence-corrected chi connectivity index (χ0v) is 12.9. The molecule has 1 unspecified atom stereocenters. The quantitative estimate of drug-likeness (QED) is 0.914. The van der Waals surface area contributed by atoms with Gasteiger partial charge in [0, 0.05) is 12.1 Å². The molecule has 1 heterocycles. The summed E-state index contributed by atoms with van der Waals surface area (Å²) in [7, 11) is 0. The number of nitrogens with zero attached hydrogens (tertiary/aromatic N) is 2. The lowest BCUT2D eigenvalue weighted by molar-refractivity contribution is 0.481. The minimum Gasteiger partial charge on any atom is -0.305 e. The Morgan fingerprint density at radius 2 is 1.95 bits per heavy atom. The highest BCUT2D eigenvalue weighted by molar-refractivity contribution is 5.35. The number of hydrogen-bond donors (Lipinski definition) is 1. The van der Waals surface area contributed by atoms with Crippen molar-refractivity contribution in [1.29, 1.82) is 0 Å². The Labute approximate surface area is 124 Å². The van der Waals surface area contributed by atoms with Gasteiger partial charge in [0.25, 0.3) is 0 Å². The highest BCUT2D eigenvalue weighted by Crippen LogP contribution is 2.29. The predicted molar refractivity (Wildman–Crippen MR) is 79.3 cm³/mol. The van der Waals surface area contributed by atoms with Gasteiger partial charge in [0.15, 0.2) is 0 Å². The van der Waals surface area contributed by atoms with Gasteiger partial charge in [0.2, 0.25) is 0 Å². The first-order valence-electron chi connectivity index (χ1n) is 7.21. The molecule has 1 aromatic heterocycles. The minimum absolute atomic E-state index is 0.0615. The lowest BCUT2D eigenvalue weighted by Crippen LogP contribution is -2.27. The van der Waals surface area contributed by atoms with Crippen molar-refractivity contribution < 1.29 is 8.78 Å². The zero-order chi connectivity index (χ0) is 15.6. The summed E-state index contributed by atoms with van der Waals surface area (Å²) in [6.07, 6.45) is 0. The number of nitrogens with one attached hydrogen (secondary N) is 1. The van der Waals surface area contributed by atoms with E-state index in [-0.39, 0.29) is 5.56 Å². The highest BCUT2D eigenvalue weighted by atomic mass is 19.1. The number of benzene rings is 1. The van der Waals surface area contributed by atoms with Crippen molar-refractivity contribution in [3.63, 3.8) is 0 Å². The molecule has 0 aliphatic rings. The second kappa shape index (κ2) is 6.35. The lowest BCUT2D eigenvalue weighted by Gasteiger charge is -2.21. The number of aryl methyl sites for hydroxylation is 3. The van der Waals surface area contributed by atoms with Crippen LogP contribution < -0.4 is 5.32 Å². The predicted octanol–water partition coefficient (Wildman–Crippen LogP) is 3.50. The van der Waals surface area contributed by atoms with Crippen molar-refractivity contribution >= 4 is 0 Å². The lowest BCUT2D eigenvalue weighted by atomic mass is 9.99. The van der Waals surface area contributed by atoms with Crippen molar-refractivity contribution in [3.8, 4) is 0 Å². The Bertz CT molecular complexity index is 635. The van der Waals surface area contributed by atoms with Crippen molar-refractivity contribution in [3.05, 3.63) is 52.3 Å². The third kappa shape index (κ3) is 2.97. The molecule has 0 amide bonds. The summed E-state index contributed by atoms with van der Waals surface area (Å²) in [6.45, 7) is 8.65. The molecule has 0 fully saturated rings. The first-order valence-corrected chi connectivity index (χ1v) is 7.21. The molecule has 0 aliphatic carbocycles. The summed E-state index contributed by atoms with van der Waals surface area (Å²) >= 11 is 0. The SMILES string of the molecule is CCNC(c1c(F)ccc(C)c1F)c1cc(C)nn1CC. The highest BCUT2D eigenvalue weighted by Gasteiger charge is 2.25. The van der Waals surface area contributed by atoms with E-state index in [1.807, 2.05) is 26.8 Å². The summed E-state index contributed by atoms with van der Waals surface area (Å²) in [4.78, 5) is 0. The molecule has 0 saturated carbocycles. The second-order valence-corrected chi connectivity index (χ2v) is 5.11. The van der Waals surface area contributed by atoms with E-state index in [1.165, 1.54) is 12.1 Å². The number of halogens is 2. The average Bonchev–Trinajstić information content (AvgIpc) is 2.83. The molecule has 1 aromatic carbocycles.